The second kappa shape index (κ2) is 9.38. The summed E-state index contributed by atoms with van der Waals surface area (Å²) in [6.45, 7) is 4.19. The van der Waals surface area contributed by atoms with Crippen molar-refractivity contribution in [2.45, 2.75) is 20.3 Å². The molecule has 0 saturated heterocycles. The summed E-state index contributed by atoms with van der Waals surface area (Å²) in [5.74, 6) is -1.72. The van der Waals surface area contributed by atoms with E-state index in [2.05, 4.69) is 5.10 Å². The minimum absolute atomic E-state index is 0.0210. The summed E-state index contributed by atoms with van der Waals surface area (Å²) >= 11 is 0. The Balaban J connectivity index is 1.57. The average Bonchev–Trinajstić information content (AvgIpc) is 3.27. The lowest BCUT2D eigenvalue weighted by molar-refractivity contribution is 0.0972. The molecular weight excluding hydrogens is 477 g/mol. The summed E-state index contributed by atoms with van der Waals surface area (Å²) in [6.07, 6.45) is 2.01. The molecule has 37 heavy (non-hydrogen) atoms. The zero-order valence-electron chi connectivity index (χ0n) is 20.3. The molecule has 1 aliphatic heterocycles. The highest BCUT2D eigenvalue weighted by atomic mass is 19.1. The van der Waals surface area contributed by atoms with Gasteiger partial charge in [0.15, 0.2) is 17.3 Å². The highest BCUT2D eigenvalue weighted by Crippen LogP contribution is 2.31. The number of carbonyl (C=O) groups is 2. The Bertz CT molecular complexity index is 1610. The van der Waals surface area contributed by atoms with Crippen LogP contribution in [0.2, 0.25) is 0 Å². The third-order valence-electron chi connectivity index (χ3n) is 6.28. The van der Waals surface area contributed by atoms with Crippen molar-refractivity contribution in [3.05, 3.63) is 99.5 Å². The van der Waals surface area contributed by atoms with Gasteiger partial charge in [-0.2, -0.15) is 5.10 Å². The van der Waals surface area contributed by atoms with Gasteiger partial charge in [0.25, 0.3) is 17.4 Å². The highest BCUT2D eigenvalue weighted by Gasteiger charge is 2.35. The van der Waals surface area contributed by atoms with E-state index >= 15 is 0 Å². The molecule has 4 aromatic rings. The Morgan fingerprint density at radius 1 is 1.11 bits per heavy atom. The van der Waals surface area contributed by atoms with Crippen molar-refractivity contribution in [3.8, 4) is 17.1 Å². The van der Waals surface area contributed by atoms with Gasteiger partial charge in [-0.05, 0) is 62.2 Å². The minimum Gasteiger partial charge on any atom is -0.491 e. The lowest BCUT2D eigenvalue weighted by Gasteiger charge is -2.28. The standard InChI is InChI=1S/C27H24FN5O4/c1-3-37-22-10-8-18(15-20(22)28)33-25-19(24(30-33)26(29)35)11-13-31(27(25)36)17-7-9-21(16(2)14-17)32-12-5-4-6-23(32)34/h4-10,12,14-15H,3,11,13H2,1-2H3,(H2,29,35). The molecule has 0 radical (unpaired) electrons. The number of benzene rings is 2. The number of amides is 2. The van der Waals surface area contributed by atoms with Gasteiger partial charge in [0.05, 0.1) is 18.0 Å². The van der Waals surface area contributed by atoms with Crippen LogP contribution < -0.4 is 20.9 Å². The predicted octanol–water partition coefficient (Wildman–Crippen LogP) is 3.17. The zero-order chi connectivity index (χ0) is 26.3. The Labute approximate surface area is 211 Å². The molecule has 0 atom stereocenters. The van der Waals surface area contributed by atoms with Crippen LogP contribution in [0.4, 0.5) is 10.1 Å². The van der Waals surface area contributed by atoms with Gasteiger partial charge >= 0.3 is 0 Å². The number of pyridine rings is 1. The van der Waals surface area contributed by atoms with Crippen LogP contribution >= 0.6 is 0 Å². The zero-order valence-corrected chi connectivity index (χ0v) is 20.3. The number of nitrogens with two attached hydrogens (primary N) is 1. The molecule has 2 N–H and O–H groups in total. The normalized spacial score (nSPS) is 12.9. The molecular formula is C27H24FN5O4. The van der Waals surface area contributed by atoms with Crippen molar-refractivity contribution in [2.75, 3.05) is 18.1 Å². The number of hydrogen-bond acceptors (Lipinski definition) is 5. The van der Waals surface area contributed by atoms with E-state index in [9.17, 15) is 18.8 Å². The second-order valence-electron chi connectivity index (χ2n) is 8.59. The maximum atomic E-state index is 14.6. The van der Waals surface area contributed by atoms with E-state index in [1.54, 1.807) is 48.4 Å². The molecule has 0 bridgehead atoms. The van der Waals surface area contributed by atoms with Gasteiger partial charge < -0.3 is 15.4 Å². The van der Waals surface area contributed by atoms with E-state index < -0.39 is 17.6 Å². The first-order valence-corrected chi connectivity index (χ1v) is 11.7. The molecule has 2 amide bonds. The fourth-order valence-electron chi connectivity index (χ4n) is 4.59. The number of fused-ring (bicyclic) bond motifs is 1. The summed E-state index contributed by atoms with van der Waals surface area (Å²) in [7, 11) is 0. The van der Waals surface area contributed by atoms with E-state index in [0.717, 1.165) is 5.56 Å². The number of aryl methyl sites for hydroxylation is 1. The molecule has 2 aromatic heterocycles. The largest absolute Gasteiger partial charge is 0.491 e. The molecule has 0 spiro atoms. The van der Waals surface area contributed by atoms with E-state index in [1.807, 2.05) is 13.0 Å². The van der Waals surface area contributed by atoms with E-state index in [1.165, 1.54) is 27.4 Å². The average molecular weight is 502 g/mol. The highest BCUT2D eigenvalue weighted by molar-refractivity contribution is 6.09. The van der Waals surface area contributed by atoms with Crippen LogP contribution in [0.25, 0.3) is 11.4 Å². The first-order chi connectivity index (χ1) is 17.8. The predicted molar refractivity (Wildman–Crippen MR) is 135 cm³/mol. The van der Waals surface area contributed by atoms with E-state index in [-0.39, 0.29) is 28.4 Å². The second-order valence-corrected chi connectivity index (χ2v) is 8.59. The van der Waals surface area contributed by atoms with Crippen LogP contribution in [0.3, 0.4) is 0 Å². The number of halogens is 1. The lowest BCUT2D eigenvalue weighted by atomic mass is 10.0. The smallest absolute Gasteiger partial charge is 0.277 e. The fraction of sp³-hybridized carbons (Fsp3) is 0.185. The fourth-order valence-corrected chi connectivity index (χ4v) is 4.59. The first kappa shape index (κ1) is 24.0. The maximum Gasteiger partial charge on any atom is 0.277 e. The van der Waals surface area contributed by atoms with E-state index in [4.69, 9.17) is 10.5 Å². The maximum absolute atomic E-state index is 14.6. The molecule has 5 rings (SSSR count). The number of aromatic nitrogens is 3. The Kier molecular flexibility index (Phi) is 6.08. The van der Waals surface area contributed by atoms with Gasteiger partial charge in [0.1, 0.15) is 5.69 Å². The number of anilines is 1. The number of ether oxygens (including phenoxy) is 1. The van der Waals surface area contributed by atoms with Crippen molar-refractivity contribution in [1.82, 2.24) is 14.3 Å². The molecule has 10 heteroatoms. The summed E-state index contributed by atoms with van der Waals surface area (Å²) < 4.78 is 22.7. The Morgan fingerprint density at radius 2 is 1.89 bits per heavy atom. The number of nitrogens with zero attached hydrogens (tertiary/aromatic N) is 4. The molecule has 0 unspecified atom stereocenters. The lowest BCUT2D eigenvalue weighted by Crippen LogP contribution is -2.39. The third kappa shape index (κ3) is 4.16. The van der Waals surface area contributed by atoms with Gasteiger partial charge in [0, 0.05) is 36.1 Å². The molecule has 188 valence electrons. The van der Waals surface area contributed by atoms with Crippen LogP contribution in [0, 0.1) is 12.7 Å². The summed E-state index contributed by atoms with van der Waals surface area (Å²) in [5.41, 5.74) is 8.31. The van der Waals surface area contributed by atoms with Gasteiger partial charge in [-0.3, -0.25) is 19.0 Å². The van der Waals surface area contributed by atoms with E-state index in [0.29, 0.717) is 36.5 Å². The monoisotopic (exact) mass is 501 g/mol. The van der Waals surface area contributed by atoms with Crippen molar-refractivity contribution in [2.24, 2.45) is 5.73 Å². The molecule has 3 heterocycles. The molecule has 1 aliphatic rings. The summed E-state index contributed by atoms with van der Waals surface area (Å²) in [5, 5.41) is 4.29. The summed E-state index contributed by atoms with van der Waals surface area (Å²) in [6, 6.07) is 14.5. The van der Waals surface area contributed by atoms with Gasteiger partial charge in [0.2, 0.25) is 0 Å². The van der Waals surface area contributed by atoms with Crippen molar-refractivity contribution >= 4 is 17.5 Å². The van der Waals surface area contributed by atoms with Gasteiger partial charge in [-0.15, -0.1) is 0 Å². The Hall–Kier alpha value is -4.73. The van der Waals surface area contributed by atoms with Crippen molar-refractivity contribution in [3.63, 3.8) is 0 Å². The number of carbonyl (C=O) groups excluding carboxylic acids is 2. The SMILES string of the molecule is CCOc1ccc(-n2nc(C(N)=O)c3c2C(=O)N(c2ccc(-n4ccccc4=O)c(C)c2)CC3)cc1F. The number of hydrogen-bond donors (Lipinski definition) is 1. The van der Waals surface area contributed by atoms with Crippen LogP contribution in [0.1, 0.15) is 39.0 Å². The van der Waals surface area contributed by atoms with Crippen molar-refractivity contribution < 1.29 is 18.7 Å². The minimum atomic E-state index is -0.767. The van der Waals surface area contributed by atoms with Crippen LogP contribution in [-0.4, -0.2) is 39.3 Å². The number of rotatable bonds is 6. The Morgan fingerprint density at radius 3 is 2.57 bits per heavy atom. The first-order valence-electron chi connectivity index (χ1n) is 11.7. The van der Waals surface area contributed by atoms with Crippen LogP contribution in [0.15, 0.2) is 65.6 Å². The molecule has 0 saturated carbocycles. The quantitative estimate of drug-likeness (QED) is 0.436. The van der Waals surface area contributed by atoms with Crippen LogP contribution in [-0.2, 0) is 6.42 Å². The molecule has 2 aromatic carbocycles. The molecule has 0 fully saturated rings. The van der Waals surface area contributed by atoms with Gasteiger partial charge in [-0.25, -0.2) is 9.07 Å². The third-order valence-corrected chi connectivity index (χ3v) is 6.28. The van der Waals surface area contributed by atoms with Crippen LogP contribution in [0.5, 0.6) is 5.75 Å². The topological polar surface area (TPSA) is 112 Å². The number of primary amides is 1. The summed E-state index contributed by atoms with van der Waals surface area (Å²) in [4.78, 5) is 39.7. The molecule has 9 nitrogen and oxygen atoms in total. The van der Waals surface area contributed by atoms with Gasteiger partial charge in [-0.1, -0.05) is 6.07 Å². The van der Waals surface area contributed by atoms with Crippen molar-refractivity contribution in [1.29, 1.82) is 0 Å². The molecule has 0 aliphatic carbocycles.